The number of hydrogen-bond donors (Lipinski definition) is 1. The number of hydrogen-bond acceptors (Lipinski definition) is 9. The molecule has 0 bridgehead atoms. The highest BCUT2D eigenvalue weighted by Gasteiger charge is 2.21. The van der Waals surface area contributed by atoms with Gasteiger partial charge in [0.25, 0.3) is 5.69 Å². The van der Waals surface area contributed by atoms with Crippen LogP contribution in [0.1, 0.15) is 23.7 Å². The summed E-state index contributed by atoms with van der Waals surface area (Å²) in [5, 5.41) is 13.9. The second-order valence-corrected chi connectivity index (χ2v) is 7.39. The van der Waals surface area contributed by atoms with E-state index in [0.29, 0.717) is 24.5 Å². The quantitative estimate of drug-likeness (QED) is 0.343. The fourth-order valence-electron chi connectivity index (χ4n) is 3.48. The summed E-state index contributed by atoms with van der Waals surface area (Å²) < 4.78 is 9.97. The first-order valence-corrected chi connectivity index (χ1v) is 10.6. The van der Waals surface area contributed by atoms with Crippen molar-refractivity contribution in [3.63, 3.8) is 0 Å². The fraction of sp³-hybridized carbons (Fsp3) is 0.409. The van der Waals surface area contributed by atoms with Crippen LogP contribution in [0, 0.1) is 10.1 Å². The van der Waals surface area contributed by atoms with Gasteiger partial charge in [-0.15, -0.1) is 0 Å². The van der Waals surface area contributed by atoms with Crippen molar-refractivity contribution < 1.29 is 24.0 Å². The molecule has 1 amide bonds. The van der Waals surface area contributed by atoms with Crippen molar-refractivity contribution in [2.24, 2.45) is 0 Å². The molecule has 0 saturated carbocycles. The lowest BCUT2D eigenvalue weighted by atomic mass is 10.2. The second kappa shape index (κ2) is 11.2. The van der Waals surface area contributed by atoms with Gasteiger partial charge in [-0.3, -0.25) is 19.8 Å². The Labute approximate surface area is 191 Å². The number of aromatic nitrogens is 1. The maximum atomic E-state index is 12.4. The lowest BCUT2D eigenvalue weighted by Crippen LogP contribution is -2.47. The predicted molar refractivity (Wildman–Crippen MR) is 122 cm³/mol. The smallest absolute Gasteiger partial charge is 0.339 e. The molecule has 1 aliphatic rings. The third-order valence-electron chi connectivity index (χ3n) is 5.29. The van der Waals surface area contributed by atoms with Gasteiger partial charge < -0.3 is 19.7 Å². The molecule has 1 aliphatic heterocycles. The Kier molecular flexibility index (Phi) is 8.14. The normalized spacial score (nSPS) is 13.9. The van der Waals surface area contributed by atoms with Crippen LogP contribution in [-0.4, -0.2) is 73.1 Å². The highest BCUT2D eigenvalue weighted by Crippen LogP contribution is 2.29. The number of esters is 1. The Morgan fingerprint density at radius 3 is 2.55 bits per heavy atom. The molecule has 0 unspecified atom stereocenters. The van der Waals surface area contributed by atoms with Crippen LogP contribution in [0.5, 0.6) is 5.75 Å². The number of carbonyl (C=O) groups excluding carboxylic acids is 2. The Morgan fingerprint density at radius 2 is 1.94 bits per heavy atom. The molecule has 0 aliphatic carbocycles. The Bertz CT molecular complexity index is 989. The van der Waals surface area contributed by atoms with Gasteiger partial charge in [0.1, 0.15) is 17.3 Å². The lowest BCUT2D eigenvalue weighted by Gasteiger charge is -2.35. The molecule has 0 atom stereocenters. The topological polar surface area (TPSA) is 127 Å². The van der Waals surface area contributed by atoms with Crippen LogP contribution in [0.25, 0.3) is 0 Å². The zero-order valence-electron chi connectivity index (χ0n) is 18.7. The van der Waals surface area contributed by atoms with Crippen LogP contribution in [-0.2, 0) is 9.53 Å². The number of nitro benzene ring substituents is 1. The van der Waals surface area contributed by atoms with Gasteiger partial charge in [0.05, 0.1) is 30.3 Å². The van der Waals surface area contributed by atoms with Crippen LogP contribution in [0.4, 0.5) is 17.2 Å². The molecule has 33 heavy (non-hydrogen) atoms. The summed E-state index contributed by atoms with van der Waals surface area (Å²) >= 11 is 0. The molecule has 1 fully saturated rings. The van der Waals surface area contributed by atoms with Crippen LogP contribution in [0.2, 0.25) is 0 Å². The van der Waals surface area contributed by atoms with Gasteiger partial charge in [0.2, 0.25) is 5.91 Å². The Morgan fingerprint density at radius 1 is 1.18 bits per heavy atom. The van der Waals surface area contributed by atoms with Crippen LogP contribution in [0.3, 0.4) is 0 Å². The molecule has 1 aromatic carbocycles. The van der Waals surface area contributed by atoms with E-state index in [2.05, 4.69) is 20.1 Å². The van der Waals surface area contributed by atoms with E-state index < -0.39 is 4.92 Å². The molecule has 11 nitrogen and oxygen atoms in total. The third-order valence-corrected chi connectivity index (χ3v) is 5.29. The number of piperazine rings is 1. The summed E-state index contributed by atoms with van der Waals surface area (Å²) in [5.74, 6) is 0.455. The SMILES string of the molecule is CCOC(=O)c1ccc(N2CCN(CCC(=O)Nc3ccc(OC)cc3[N+](=O)[O-])CC2)nc1. The minimum absolute atomic E-state index is 0.146. The van der Waals surface area contributed by atoms with E-state index in [4.69, 9.17) is 9.47 Å². The summed E-state index contributed by atoms with van der Waals surface area (Å²) in [4.78, 5) is 43.5. The first kappa shape index (κ1) is 23.9. The van der Waals surface area contributed by atoms with Crippen molar-refractivity contribution in [1.29, 1.82) is 0 Å². The molecular formula is C22H27N5O6. The van der Waals surface area contributed by atoms with Crippen molar-refractivity contribution in [3.05, 3.63) is 52.2 Å². The summed E-state index contributed by atoms with van der Waals surface area (Å²) in [6.45, 7) is 5.57. The zero-order valence-corrected chi connectivity index (χ0v) is 18.7. The average molecular weight is 457 g/mol. The highest BCUT2D eigenvalue weighted by molar-refractivity contribution is 5.93. The second-order valence-electron chi connectivity index (χ2n) is 7.39. The Balaban J connectivity index is 1.46. The summed E-state index contributed by atoms with van der Waals surface area (Å²) in [7, 11) is 1.42. The number of nitrogens with zero attached hydrogens (tertiary/aromatic N) is 4. The van der Waals surface area contributed by atoms with E-state index in [-0.39, 0.29) is 29.7 Å². The van der Waals surface area contributed by atoms with Crippen LogP contribution >= 0.6 is 0 Å². The van der Waals surface area contributed by atoms with Crippen LogP contribution in [0.15, 0.2) is 36.5 Å². The standard InChI is InChI=1S/C22H27N5O6/c1-3-33-22(29)16-4-7-20(23-15-16)26-12-10-25(11-13-26)9-8-21(28)24-18-6-5-17(32-2)14-19(18)27(30)31/h4-7,14-15H,3,8-13H2,1-2H3,(H,24,28). The summed E-state index contributed by atoms with van der Waals surface area (Å²) in [6.07, 6.45) is 1.73. The van der Waals surface area contributed by atoms with Crippen molar-refractivity contribution in [1.82, 2.24) is 9.88 Å². The highest BCUT2D eigenvalue weighted by atomic mass is 16.6. The largest absolute Gasteiger partial charge is 0.496 e. The molecule has 1 aromatic heterocycles. The van der Waals surface area contributed by atoms with E-state index in [9.17, 15) is 19.7 Å². The third kappa shape index (κ3) is 6.39. The average Bonchev–Trinajstić information content (AvgIpc) is 2.83. The fourth-order valence-corrected chi connectivity index (χ4v) is 3.48. The number of carbonyl (C=O) groups is 2. The number of amides is 1. The van der Waals surface area contributed by atoms with Gasteiger partial charge in [-0.05, 0) is 31.2 Å². The number of nitrogens with one attached hydrogen (secondary N) is 1. The molecule has 11 heteroatoms. The van der Waals surface area contributed by atoms with E-state index in [1.807, 2.05) is 0 Å². The number of nitro groups is 1. The number of pyridine rings is 1. The van der Waals surface area contributed by atoms with Gasteiger partial charge in [-0.1, -0.05) is 0 Å². The number of methoxy groups -OCH3 is 1. The number of anilines is 2. The van der Waals surface area contributed by atoms with Gasteiger partial charge in [0, 0.05) is 45.3 Å². The minimum atomic E-state index is -0.551. The molecule has 0 spiro atoms. The van der Waals surface area contributed by atoms with Gasteiger partial charge in [0.15, 0.2) is 0 Å². The maximum absolute atomic E-state index is 12.4. The lowest BCUT2D eigenvalue weighted by molar-refractivity contribution is -0.384. The summed E-state index contributed by atoms with van der Waals surface area (Å²) in [5.41, 5.74) is 0.355. The molecule has 1 N–H and O–H groups in total. The molecule has 2 aromatic rings. The molecule has 0 radical (unpaired) electrons. The van der Waals surface area contributed by atoms with E-state index in [0.717, 1.165) is 32.0 Å². The van der Waals surface area contributed by atoms with E-state index in [1.54, 1.807) is 25.1 Å². The first-order valence-electron chi connectivity index (χ1n) is 10.6. The van der Waals surface area contributed by atoms with Crippen molar-refractivity contribution >= 4 is 29.1 Å². The van der Waals surface area contributed by atoms with Crippen LogP contribution < -0.4 is 15.0 Å². The monoisotopic (exact) mass is 457 g/mol. The van der Waals surface area contributed by atoms with Gasteiger partial charge in [-0.25, -0.2) is 9.78 Å². The molecule has 2 heterocycles. The number of ether oxygens (including phenoxy) is 2. The molecule has 3 rings (SSSR count). The predicted octanol–water partition coefficient (Wildman–Crippen LogP) is 2.33. The number of rotatable bonds is 9. The van der Waals surface area contributed by atoms with Gasteiger partial charge >= 0.3 is 5.97 Å². The maximum Gasteiger partial charge on any atom is 0.339 e. The van der Waals surface area contributed by atoms with Crippen molar-refractivity contribution in [3.8, 4) is 5.75 Å². The first-order chi connectivity index (χ1) is 15.9. The van der Waals surface area contributed by atoms with Gasteiger partial charge in [-0.2, -0.15) is 0 Å². The summed E-state index contributed by atoms with van der Waals surface area (Å²) in [6, 6.07) is 7.82. The zero-order chi connectivity index (χ0) is 23.8. The molecule has 176 valence electrons. The van der Waals surface area contributed by atoms with E-state index >= 15 is 0 Å². The Hall–Kier alpha value is -3.73. The minimum Gasteiger partial charge on any atom is -0.496 e. The van der Waals surface area contributed by atoms with Crippen molar-refractivity contribution in [2.45, 2.75) is 13.3 Å². The number of benzene rings is 1. The molecular weight excluding hydrogens is 430 g/mol. The van der Waals surface area contributed by atoms with Crippen molar-refractivity contribution in [2.75, 3.05) is 56.7 Å². The molecule has 1 saturated heterocycles. The van der Waals surface area contributed by atoms with E-state index in [1.165, 1.54) is 25.4 Å².